The maximum atomic E-state index is 13.3. The van der Waals surface area contributed by atoms with E-state index in [0.29, 0.717) is 16.7 Å². The number of rotatable bonds is 8. The third-order valence-corrected chi connectivity index (χ3v) is 6.23. The maximum Gasteiger partial charge on any atom is 0.251 e. The highest BCUT2D eigenvalue weighted by molar-refractivity contribution is 7.89. The van der Waals surface area contributed by atoms with Gasteiger partial charge in [-0.05, 0) is 59.7 Å². The quantitative estimate of drug-likeness (QED) is 0.416. The van der Waals surface area contributed by atoms with E-state index in [1.54, 1.807) is 53.5 Å². The maximum absolute atomic E-state index is 13.3. The van der Waals surface area contributed by atoms with Crippen molar-refractivity contribution in [2.45, 2.75) is 18.0 Å². The van der Waals surface area contributed by atoms with Gasteiger partial charge in [0, 0.05) is 18.7 Å². The molecule has 2 N–H and O–H groups in total. The number of hydrogen-bond donors (Lipinski definition) is 2. The summed E-state index contributed by atoms with van der Waals surface area (Å²) < 4.78 is 42.6. The molecule has 4 rings (SSSR count). The number of carbonyl (C=O) groups excluding carboxylic acids is 1. The molecule has 0 saturated heterocycles. The van der Waals surface area contributed by atoms with Gasteiger partial charge < -0.3 is 5.32 Å². The van der Waals surface area contributed by atoms with Gasteiger partial charge in [0.1, 0.15) is 18.5 Å². The molecule has 0 spiro atoms. The number of sulfonamides is 1. The predicted octanol–water partition coefficient (Wildman–Crippen LogP) is 2.81. The second-order valence-electron chi connectivity index (χ2n) is 7.17. The van der Waals surface area contributed by atoms with Gasteiger partial charge in [-0.25, -0.2) is 27.2 Å². The molecule has 0 bridgehead atoms. The third-order valence-electron chi connectivity index (χ3n) is 4.83. The highest BCUT2D eigenvalue weighted by Gasteiger charge is 2.15. The van der Waals surface area contributed by atoms with E-state index in [1.165, 1.54) is 36.7 Å². The lowest BCUT2D eigenvalue weighted by Crippen LogP contribution is -2.24. The van der Waals surface area contributed by atoms with Crippen LogP contribution in [-0.2, 0) is 23.1 Å². The molecule has 0 atom stereocenters. The van der Waals surface area contributed by atoms with Gasteiger partial charge in [-0.1, -0.05) is 24.3 Å². The Labute approximate surface area is 190 Å². The minimum absolute atomic E-state index is 0.0361. The summed E-state index contributed by atoms with van der Waals surface area (Å²) in [7, 11) is -3.81. The van der Waals surface area contributed by atoms with E-state index in [4.69, 9.17) is 0 Å². The minimum Gasteiger partial charge on any atom is -0.348 e. The van der Waals surface area contributed by atoms with Gasteiger partial charge in [0.15, 0.2) is 0 Å². The molecule has 8 nitrogen and oxygen atoms in total. The molecule has 0 aliphatic rings. The van der Waals surface area contributed by atoms with Gasteiger partial charge in [0.2, 0.25) is 10.0 Å². The van der Waals surface area contributed by atoms with Crippen LogP contribution in [0.4, 0.5) is 4.39 Å². The zero-order valence-electron chi connectivity index (χ0n) is 17.3. The molecule has 0 saturated carbocycles. The van der Waals surface area contributed by atoms with Gasteiger partial charge >= 0.3 is 0 Å². The molecule has 3 aromatic carbocycles. The lowest BCUT2D eigenvalue weighted by Gasteiger charge is -2.10. The first kappa shape index (κ1) is 22.3. The van der Waals surface area contributed by atoms with Gasteiger partial charge in [-0.15, -0.1) is 0 Å². The number of nitrogens with zero attached hydrogens (tertiary/aromatic N) is 3. The van der Waals surface area contributed by atoms with Crippen molar-refractivity contribution in [1.82, 2.24) is 24.8 Å². The van der Waals surface area contributed by atoms with E-state index in [0.717, 1.165) is 5.69 Å². The fraction of sp³-hybridized carbons (Fsp3) is 0.0870. The van der Waals surface area contributed by atoms with Crippen LogP contribution in [0.25, 0.3) is 5.69 Å². The van der Waals surface area contributed by atoms with E-state index in [1.807, 2.05) is 0 Å². The van der Waals surface area contributed by atoms with Crippen LogP contribution in [0.1, 0.15) is 21.5 Å². The van der Waals surface area contributed by atoms with Crippen molar-refractivity contribution < 1.29 is 17.6 Å². The molecule has 1 amide bonds. The van der Waals surface area contributed by atoms with Crippen LogP contribution in [0.5, 0.6) is 0 Å². The second kappa shape index (κ2) is 9.72. The highest BCUT2D eigenvalue weighted by Crippen LogP contribution is 2.14. The minimum atomic E-state index is -3.81. The van der Waals surface area contributed by atoms with Crippen molar-refractivity contribution in [3.8, 4) is 5.69 Å². The first-order valence-corrected chi connectivity index (χ1v) is 11.5. The van der Waals surface area contributed by atoms with Crippen molar-refractivity contribution in [3.63, 3.8) is 0 Å². The van der Waals surface area contributed by atoms with Gasteiger partial charge in [0.25, 0.3) is 5.91 Å². The summed E-state index contributed by atoms with van der Waals surface area (Å²) in [5.74, 6) is -0.727. The summed E-state index contributed by atoms with van der Waals surface area (Å²) in [6.45, 7) is 0.114. The Morgan fingerprint density at radius 1 is 0.939 bits per heavy atom. The highest BCUT2D eigenvalue weighted by atomic mass is 32.2. The smallest absolute Gasteiger partial charge is 0.251 e. The van der Waals surface area contributed by atoms with Gasteiger partial charge in [0.05, 0.1) is 10.6 Å². The average molecular weight is 466 g/mol. The van der Waals surface area contributed by atoms with E-state index in [9.17, 15) is 17.6 Å². The topological polar surface area (TPSA) is 106 Å². The van der Waals surface area contributed by atoms with E-state index in [-0.39, 0.29) is 23.9 Å². The van der Waals surface area contributed by atoms with Crippen molar-refractivity contribution >= 4 is 15.9 Å². The summed E-state index contributed by atoms with van der Waals surface area (Å²) in [6, 6.07) is 18.8. The van der Waals surface area contributed by atoms with Crippen molar-refractivity contribution in [2.75, 3.05) is 0 Å². The standard InChI is InChI=1S/C23H20FN5O3S/c24-20-5-1-3-17(11-20)14-28-33(31,32)22-6-2-4-18(12-22)13-26-23(30)19-7-9-21(10-8-19)29-16-25-15-27-29/h1-12,15-16,28H,13-14H2,(H,26,30). The van der Waals surface area contributed by atoms with Crippen LogP contribution in [-0.4, -0.2) is 29.1 Å². The van der Waals surface area contributed by atoms with Crippen molar-refractivity contribution in [2.24, 2.45) is 0 Å². The zero-order valence-corrected chi connectivity index (χ0v) is 18.2. The first-order valence-electron chi connectivity index (χ1n) is 9.97. The molecule has 0 aliphatic carbocycles. The lowest BCUT2D eigenvalue weighted by atomic mass is 10.2. The van der Waals surface area contributed by atoms with E-state index in [2.05, 4.69) is 20.1 Å². The Hall–Kier alpha value is -3.89. The fourth-order valence-electron chi connectivity index (χ4n) is 3.12. The largest absolute Gasteiger partial charge is 0.348 e. The Kier molecular flexibility index (Phi) is 6.57. The molecule has 0 unspecified atom stereocenters. The molecule has 0 aliphatic heterocycles. The molecule has 1 aromatic heterocycles. The molecular formula is C23H20FN5O3S. The molecule has 0 radical (unpaired) electrons. The monoisotopic (exact) mass is 465 g/mol. The Bertz CT molecular complexity index is 1360. The Morgan fingerprint density at radius 3 is 2.36 bits per heavy atom. The SMILES string of the molecule is O=C(NCc1cccc(S(=O)(=O)NCc2cccc(F)c2)c1)c1ccc(-n2cncn2)cc1. The molecule has 4 aromatic rings. The number of hydrogen-bond acceptors (Lipinski definition) is 5. The molecule has 33 heavy (non-hydrogen) atoms. The van der Waals surface area contributed by atoms with Crippen LogP contribution >= 0.6 is 0 Å². The van der Waals surface area contributed by atoms with Crippen LogP contribution in [0, 0.1) is 5.82 Å². The van der Waals surface area contributed by atoms with Crippen LogP contribution < -0.4 is 10.0 Å². The number of aromatic nitrogens is 3. The number of halogens is 1. The van der Waals surface area contributed by atoms with Crippen LogP contribution in [0.3, 0.4) is 0 Å². The summed E-state index contributed by atoms with van der Waals surface area (Å²) in [6.07, 6.45) is 2.98. The molecule has 0 fully saturated rings. The summed E-state index contributed by atoms with van der Waals surface area (Å²) >= 11 is 0. The lowest BCUT2D eigenvalue weighted by molar-refractivity contribution is 0.0951. The van der Waals surface area contributed by atoms with Gasteiger partial charge in [-0.2, -0.15) is 5.10 Å². The van der Waals surface area contributed by atoms with Crippen LogP contribution in [0.2, 0.25) is 0 Å². The third kappa shape index (κ3) is 5.68. The first-order chi connectivity index (χ1) is 15.9. The zero-order chi connectivity index (χ0) is 23.3. The van der Waals surface area contributed by atoms with Crippen molar-refractivity contribution in [3.05, 3.63) is 108 Å². The molecule has 1 heterocycles. The summed E-state index contributed by atoms with van der Waals surface area (Å²) in [5.41, 5.74) is 2.36. The normalized spacial score (nSPS) is 11.3. The van der Waals surface area contributed by atoms with Crippen LogP contribution in [0.15, 0.2) is 90.3 Å². The van der Waals surface area contributed by atoms with E-state index >= 15 is 0 Å². The average Bonchev–Trinajstić information content (AvgIpc) is 3.37. The second-order valence-corrected chi connectivity index (χ2v) is 8.94. The molecule has 168 valence electrons. The summed E-state index contributed by atoms with van der Waals surface area (Å²) in [4.78, 5) is 16.4. The Balaban J connectivity index is 1.37. The number of carbonyl (C=O) groups is 1. The number of nitrogens with one attached hydrogen (secondary N) is 2. The molecule has 10 heteroatoms. The van der Waals surface area contributed by atoms with E-state index < -0.39 is 15.8 Å². The molecular weight excluding hydrogens is 445 g/mol. The summed E-state index contributed by atoms with van der Waals surface area (Å²) in [5, 5.41) is 6.81. The van der Waals surface area contributed by atoms with Crippen molar-refractivity contribution in [1.29, 1.82) is 0 Å². The van der Waals surface area contributed by atoms with Gasteiger partial charge in [-0.3, -0.25) is 4.79 Å². The Morgan fingerprint density at radius 2 is 1.67 bits per heavy atom. The fourth-order valence-corrected chi connectivity index (χ4v) is 4.21. The predicted molar refractivity (Wildman–Crippen MR) is 119 cm³/mol. The number of amides is 1. The number of benzene rings is 3.